The molecule has 0 bridgehead atoms. The van der Waals surface area contributed by atoms with Gasteiger partial charge in [0.15, 0.2) is 6.73 Å². The molecule has 1 saturated heterocycles. The van der Waals surface area contributed by atoms with E-state index >= 15 is 0 Å². The predicted octanol–water partition coefficient (Wildman–Crippen LogP) is 0.960. The Kier molecular flexibility index (Phi) is 2.90. The van der Waals surface area contributed by atoms with Crippen molar-refractivity contribution in [2.45, 2.75) is 19.4 Å². The maximum absolute atomic E-state index is 11.5. The summed E-state index contributed by atoms with van der Waals surface area (Å²) >= 11 is 0. The van der Waals surface area contributed by atoms with Crippen molar-refractivity contribution in [2.24, 2.45) is 0 Å². The lowest BCUT2D eigenvalue weighted by Crippen LogP contribution is -2.38. The summed E-state index contributed by atoms with van der Waals surface area (Å²) in [5, 5.41) is 0. The Morgan fingerprint density at radius 2 is 2.12 bits per heavy atom. The van der Waals surface area contributed by atoms with Gasteiger partial charge in [0.05, 0.1) is 0 Å². The van der Waals surface area contributed by atoms with Crippen molar-refractivity contribution in [3.63, 3.8) is 0 Å². The first kappa shape index (κ1) is 10.7. The van der Waals surface area contributed by atoms with Crippen LogP contribution in [0, 0.1) is 0 Å². The fourth-order valence-electron chi connectivity index (χ4n) is 1.79. The largest absolute Gasteiger partial charge is 0.443 e. The summed E-state index contributed by atoms with van der Waals surface area (Å²) < 4.78 is 4.88. The third-order valence-electron chi connectivity index (χ3n) is 2.67. The van der Waals surface area contributed by atoms with E-state index in [0.717, 1.165) is 5.56 Å². The molecule has 0 saturated carbocycles. The van der Waals surface area contributed by atoms with E-state index in [4.69, 9.17) is 4.74 Å². The van der Waals surface area contributed by atoms with Gasteiger partial charge in [-0.25, -0.2) is 4.79 Å². The Morgan fingerprint density at radius 1 is 1.44 bits per heavy atom. The maximum atomic E-state index is 11.5. The Balaban J connectivity index is 2.13. The number of esters is 1. The molecule has 0 radical (unpaired) electrons. The second-order valence-corrected chi connectivity index (χ2v) is 3.79. The lowest BCUT2D eigenvalue weighted by atomic mass is 10.1. The molecule has 0 N–H and O–H groups in total. The van der Waals surface area contributed by atoms with Crippen LogP contribution in [0.4, 0.5) is 0 Å². The Hall–Kier alpha value is -1.84. The summed E-state index contributed by atoms with van der Waals surface area (Å²) in [6.07, 6.45) is 0.513. The molecule has 1 aliphatic rings. The van der Waals surface area contributed by atoms with Gasteiger partial charge in [-0.1, -0.05) is 30.3 Å². The van der Waals surface area contributed by atoms with Crippen LogP contribution in [0.1, 0.15) is 12.5 Å². The fraction of sp³-hybridized carbons (Fsp3) is 0.333. The van der Waals surface area contributed by atoms with Crippen LogP contribution < -0.4 is 0 Å². The third kappa shape index (κ3) is 2.05. The van der Waals surface area contributed by atoms with Crippen LogP contribution >= 0.6 is 0 Å². The van der Waals surface area contributed by atoms with E-state index in [1.807, 2.05) is 30.3 Å². The first-order valence-corrected chi connectivity index (χ1v) is 5.16. The molecule has 1 aromatic rings. The highest BCUT2D eigenvalue weighted by Crippen LogP contribution is 2.16. The van der Waals surface area contributed by atoms with E-state index in [2.05, 4.69) is 0 Å². The van der Waals surface area contributed by atoms with Crippen molar-refractivity contribution in [2.75, 3.05) is 6.73 Å². The van der Waals surface area contributed by atoms with Gasteiger partial charge in [-0.3, -0.25) is 9.69 Å². The van der Waals surface area contributed by atoms with Crippen molar-refractivity contribution < 1.29 is 14.3 Å². The van der Waals surface area contributed by atoms with Crippen molar-refractivity contribution in [1.82, 2.24) is 4.90 Å². The molecule has 16 heavy (non-hydrogen) atoms. The number of cyclic esters (lactones) is 1. The molecule has 1 atom stereocenters. The highest BCUT2D eigenvalue weighted by molar-refractivity contribution is 5.85. The minimum Gasteiger partial charge on any atom is -0.443 e. The highest BCUT2D eigenvalue weighted by atomic mass is 16.6. The van der Waals surface area contributed by atoms with Gasteiger partial charge >= 0.3 is 5.97 Å². The van der Waals surface area contributed by atoms with E-state index in [0.29, 0.717) is 6.42 Å². The molecule has 84 valence electrons. The fourth-order valence-corrected chi connectivity index (χ4v) is 1.79. The zero-order valence-electron chi connectivity index (χ0n) is 9.05. The van der Waals surface area contributed by atoms with Gasteiger partial charge in [0, 0.05) is 13.3 Å². The molecule has 1 fully saturated rings. The van der Waals surface area contributed by atoms with Gasteiger partial charge in [-0.2, -0.15) is 0 Å². The van der Waals surface area contributed by atoms with Crippen LogP contribution in [-0.2, 0) is 20.7 Å². The summed E-state index contributed by atoms with van der Waals surface area (Å²) in [7, 11) is 0. The van der Waals surface area contributed by atoms with E-state index in [1.165, 1.54) is 11.8 Å². The zero-order chi connectivity index (χ0) is 11.5. The first-order valence-electron chi connectivity index (χ1n) is 5.16. The molecule has 4 nitrogen and oxygen atoms in total. The van der Waals surface area contributed by atoms with Gasteiger partial charge < -0.3 is 4.74 Å². The lowest BCUT2D eigenvalue weighted by molar-refractivity contribution is -0.139. The van der Waals surface area contributed by atoms with Crippen molar-refractivity contribution >= 4 is 11.9 Å². The smallest absolute Gasteiger partial charge is 0.331 e. The molecule has 0 aliphatic carbocycles. The van der Waals surface area contributed by atoms with E-state index < -0.39 is 6.04 Å². The molecular weight excluding hydrogens is 206 g/mol. The summed E-state index contributed by atoms with van der Waals surface area (Å²) in [6, 6.07) is 9.13. The van der Waals surface area contributed by atoms with Crippen LogP contribution in [0.15, 0.2) is 30.3 Å². The van der Waals surface area contributed by atoms with Crippen molar-refractivity contribution in [3.05, 3.63) is 35.9 Å². The molecule has 1 aliphatic heterocycles. The molecule has 1 amide bonds. The van der Waals surface area contributed by atoms with Gasteiger partial charge in [0.1, 0.15) is 6.04 Å². The van der Waals surface area contributed by atoms with Crippen LogP contribution in [0.3, 0.4) is 0 Å². The minimum atomic E-state index is -0.472. The number of amides is 1. The molecule has 0 aromatic heterocycles. The number of ether oxygens (including phenoxy) is 1. The molecule has 4 heteroatoms. The number of rotatable bonds is 2. The molecule has 1 aromatic carbocycles. The maximum Gasteiger partial charge on any atom is 0.331 e. The average molecular weight is 219 g/mol. The quantitative estimate of drug-likeness (QED) is 0.696. The Labute approximate surface area is 93.8 Å². The number of carbonyl (C=O) groups is 2. The monoisotopic (exact) mass is 219 g/mol. The minimum absolute atomic E-state index is 0.0751. The standard InChI is InChI=1S/C12H13NO3/c1-9(14)13-8-16-12(15)11(13)7-10-5-3-2-4-6-10/h2-6,11H,7-8H2,1H3. The molecule has 1 unspecified atom stereocenters. The highest BCUT2D eigenvalue weighted by Gasteiger charge is 2.35. The zero-order valence-corrected chi connectivity index (χ0v) is 9.05. The SMILES string of the molecule is CC(=O)N1COC(=O)C1Cc1ccccc1. The van der Waals surface area contributed by atoms with Crippen LogP contribution in [-0.4, -0.2) is 29.5 Å². The topological polar surface area (TPSA) is 46.6 Å². The molecular formula is C12H13NO3. The van der Waals surface area contributed by atoms with Gasteiger partial charge in [0.25, 0.3) is 0 Å². The predicted molar refractivity (Wildman–Crippen MR) is 57.4 cm³/mol. The summed E-state index contributed by atoms with van der Waals surface area (Å²) in [5.41, 5.74) is 1.03. The normalized spacial score (nSPS) is 19.7. The summed E-state index contributed by atoms with van der Waals surface area (Å²) in [5.74, 6) is -0.453. The third-order valence-corrected chi connectivity index (χ3v) is 2.67. The second kappa shape index (κ2) is 4.35. The Bertz CT molecular complexity index is 402. The van der Waals surface area contributed by atoms with Gasteiger partial charge in [-0.05, 0) is 5.56 Å². The molecule has 1 heterocycles. The van der Waals surface area contributed by atoms with Crippen LogP contribution in [0.25, 0.3) is 0 Å². The van der Waals surface area contributed by atoms with Crippen LogP contribution in [0.2, 0.25) is 0 Å². The number of carbonyl (C=O) groups excluding carboxylic acids is 2. The average Bonchev–Trinajstić information content (AvgIpc) is 2.62. The van der Waals surface area contributed by atoms with Crippen molar-refractivity contribution in [1.29, 1.82) is 0 Å². The molecule has 2 rings (SSSR count). The number of hydrogen-bond acceptors (Lipinski definition) is 3. The summed E-state index contributed by atoms with van der Waals surface area (Å²) in [6.45, 7) is 1.52. The van der Waals surface area contributed by atoms with E-state index in [-0.39, 0.29) is 18.6 Å². The summed E-state index contributed by atoms with van der Waals surface area (Å²) in [4.78, 5) is 24.2. The van der Waals surface area contributed by atoms with Gasteiger partial charge in [0.2, 0.25) is 5.91 Å². The van der Waals surface area contributed by atoms with Crippen molar-refractivity contribution in [3.8, 4) is 0 Å². The first-order chi connectivity index (χ1) is 7.68. The molecule has 0 spiro atoms. The van der Waals surface area contributed by atoms with Crippen LogP contribution in [0.5, 0.6) is 0 Å². The van der Waals surface area contributed by atoms with E-state index in [9.17, 15) is 9.59 Å². The number of hydrogen-bond donors (Lipinski definition) is 0. The van der Waals surface area contributed by atoms with Gasteiger partial charge in [-0.15, -0.1) is 0 Å². The Morgan fingerprint density at radius 3 is 2.75 bits per heavy atom. The lowest BCUT2D eigenvalue weighted by Gasteiger charge is -2.18. The number of nitrogens with zero attached hydrogens (tertiary/aromatic N) is 1. The number of benzene rings is 1. The second-order valence-electron chi connectivity index (χ2n) is 3.79. The van der Waals surface area contributed by atoms with E-state index in [1.54, 1.807) is 0 Å².